The van der Waals surface area contributed by atoms with Crippen LogP contribution in [0.4, 0.5) is 0 Å². The van der Waals surface area contributed by atoms with E-state index in [1.165, 1.54) is 22.3 Å². The van der Waals surface area contributed by atoms with Crippen molar-refractivity contribution in [2.24, 2.45) is 11.8 Å². The highest BCUT2D eigenvalue weighted by Crippen LogP contribution is 2.34. The van der Waals surface area contributed by atoms with E-state index in [2.05, 4.69) is 56.2 Å². The summed E-state index contributed by atoms with van der Waals surface area (Å²) in [7, 11) is 3.47. The highest BCUT2D eigenvalue weighted by atomic mass is 16.2. The van der Waals surface area contributed by atoms with Gasteiger partial charge in [-0.25, -0.2) is 0 Å². The summed E-state index contributed by atoms with van der Waals surface area (Å²) in [5.41, 5.74) is 7.13. The number of rotatable bonds is 23. The molecule has 6 aliphatic rings. The third kappa shape index (κ3) is 15.2. The van der Waals surface area contributed by atoms with Crippen LogP contribution in [0.3, 0.4) is 0 Å². The lowest BCUT2D eigenvalue weighted by Crippen LogP contribution is -2.58. The van der Waals surface area contributed by atoms with Gasteiger partial charge in [-0.05, 0) is 174 Å². The fraction of sp³-hybridized carbons (Fsp3) is 0.543. The molecule has 2 saturated carbocycles. The topological polar surface area (TPSA) is 222 Å². The van der Waals surface area contributed by atoms with E-state index in [0.717, 1.165) is 101 Å². The zero-order valence-electron chi connectivity index (χ0n) is 52.0. The van der Waals surface area contributed by atoms with Crippen LogP contribution in [-0.2, 0) is 54.5 Å². The Morgan fingerprint density at radius 2 is 0.795 bits per heavy atom. The quantitative estimate of drug-likeness (QED) is 0.0499. The van der Waals surface area contributed by atoms with Crippen LogP contribution in [0.15, 0.2) is 97.1 Å². The number of fused-ring (bicyclic) bond motifs is 2. The monoisotopic (exact) mass is 1200 g/mol. The third-order valence-corrected chi connectivity index (χ3v) is 20.2. The van der Waals surface area contributed by atoms with Crippen molar-refractivity contribution in [3.05, 3.63) is 130 Å². The van der Waals surface area contributed by atoms with Crippen LogP contribution in [0.5, 0.6) is 0 Å². The molecule has 4 aliphatic carbocycles. The first-order valence-electron chi connectivity index (χ1n) is 32.7. The predicted octanol–water partition coefficient (Wildman–Crippen LogP) is 6.13. The Hall–Kier alpha value is -7.44. The van der Waals surface area contributed by atoms with Gasteiger partial charge in [0.05, 0.1) is 25.2 Å². The molecule has 18 nitrogen and oxygen atoms in total. The number of hydrogen-bond donors (Lipinski definition) is 6. The molecule has 0 aromatic heterocycles. The molecule has 470 valence electrons. The van der Waals surface area contributed by atoms with Gasteiger partial charge in [-0.15, -0.1) is 0 Å². The molecule has 2 heterocycles. The van der Waals surface area contributed by atoms with Crippen molar-refractivity contribution in [3.8, 4) is 11.1 Å². The summed E-state index contributed by atoms with van der Waals surface area (Å²) in [4.78, 5) is 120. The Morgan fingerprint density at radius 1 is 0.455 bits per heavy atom. The Morgan fingerprint density at radius 3 is 1.12 bits per heavy atom. The normalized spacial score (nSPS) is 20.3. The lowest BCUT2D eigenvalue weighted by atomic mass is 9.83. The van der Waals surface area contributed by atoms with E-state index in [1.807, 2.05) is 68.1 Å². The van der Waals surface area contributed by atoms with Crippen molar-refractivity contribution in [1.82, 2.24) is 51.5 Å². The molecule has 88 heavy (non-hydrogen) atoms. The van der Waals surface area contributed by atoms with Crippen LogP contribution in [0, 0.1) is 11.8 Å². The predicted molar refractivity (Wildman–Crippen MR) is 339 cm³/mol. The van der Waals surface area contributed by atoms with Crippen molar-refractivity contribution in [2.75, 3.05) is 53.4 Å². The number of likely N-dealkylation sites (tertiary alicyclic amines) is 2. The second kappa shape index (κ2) is 29.7. The smallest absolute Gasteiger partial charge is 0.251 e. The number of carbonyl (C=O) groups is 8. The maximum atomic E-state index is 14.6. The molecule has 4 fully saturated rings. The van der Waals surface area contributed by atoms with E-state index in [1.54, 1.807) is 52.2 Å². The third-order valence-electron chi connectivity index (χ3n) is 20.2. The van der Waals surface area contributed by atoms with Gasteiger partial charge in [0.1, 0.15) is 12.1 Å². The summed E-state index contributed by atoms with van der Waals surface area (Å²) >= 11 is 0. The van der Waals surface area contributed by atoms with E-state index in [0.29, 0.717) is 63.0 Å². The number of nitrogens with zero attached hydrogens (tertiary/aromatic N) is 4. The van der Waals surface area contributed by atoms with Crippen molar-refractivity contribution in [2.45, 2.75) is 178 Å². The van der Waals surface area contributed by atoms with Gasteiger partial charge >= 0.3 is 0 Å². The zero-order chi connectivity index (χ0) is 61.8. The van der Waals surface area contributed by atoms with E-state index >= 15 is 0 Å². The average molecular weight is 1200 g/mol. The summed E-state index contributed by atoms with van der Waals surface area (Å²) in [5, 5.41) is 18.0. The van der Waals surface area contributed by atoms with Gasteiger partial charge in [0.25, 0.3) is 11.8 Å². The number of hydrogen-bond acceptors (Lipinski definition) is 10. The molecule has 6 N–H and O–H groups in total. The molecule has 4 aromatic rings. The highest BCUT2D eigenvalue weighted by Gasteiger charge is 2.43. The summed E-state index contributed by atoms with van der Waals surface area (Å²) < 4.78 is 0. The number of amides is 8. The largest absolute Gasteiger partial charge is 0.343 e. The van der Waals surface area contributed by atoms with Gasteiger partial charge in [0, 0.05) is 61.5 Å². The minimum absolute atomic E-state index is 0.0501. The fourth-order valence-corrected chi connectivity index (χ4v) is 14.7. The first kappa shape index (κ1) is 63.6. The highest BCUT2D eigenvalue weighted by molar-refractivity contribution is 5.98. The van der Waals surface area contributed by atoms with Crippen molar-refractivity contribution >= 4 is 47.3 Å². The van der Waals surface area contributed by atoms with Crippen molar-refractivity contribution in [1.29, 1.82) is 0 Å². The van der Waals surface area contributed by atoms with E-state index in [9.17, 15) is 38.4 Å². The molecule has 0 radical (unpaired) electrons. The van der Waals surface area contributed by atoms with Crippen LogP contribution >= 0.6 is 0 Å². The summed E-state index contributed by atoms with van der Waals surface area (Å²) in [6.07, 6.45) is 15.6. The Balaban J connectivity index is 0.756. The van der Waals surface area contributed by atoms with Crippen LogP contribution in [-0.4, -0.2) is 169 Å². The molecule has 4 aromatic carbocycles. The van der Waals surface area contributed by atoms with Gasteiger partial charge in [0.15, 0.2) is 0 Å². The maximum Gasteiger partial charge on any atom is 0.251 e. The van der Waals surface area contributed by atoms with Crippen molar-refractivity contribution in [3.63, 3.8) is 0 Å². The van der Waals surface area contributed by atoms with E-state index < -0.39 is 36.0 Å². The second-order valence-electron chi connectivity index (χ2n) is 25.7. The molecule has 0 bridgehead atoms. The molecular formula is C70H92N10O8. The van der Waals surface area contributed by atoms with Gasteiger partial charge in [0.2, 0.25) is 35.4 Å². The Kier molecular flexibility index (Phi) is 21.5. The Bertz CT molecular complexity index is 2870. The molecule has 6 atom stereocenters. The number of likely N-dealkylation sites (N-methyl/N-ethyl adjacent to an activating group) is 2. The zero-order valence-corrected chi connectivity index (χ0v) is 52.0. The average Bonchev–Trinajstić information content (AvgIpc) is 3.97. The summed E-state index contributed by atoms with van der Waals surface area (Å²) in [6, 6.07) is 27.7. The lowest BCUT2D eigenvalue weighted by Gasteiger charge is -2.38. The fourth-order valence-electron chi connectivity index (χ4n) is 14.7. The molecule has 0 spiro atoms. The van der Waals surface area contributed by atoms with Crippen LogP contribution in [0.25, 0.3) is 11.1 Å². The maximum absolute atomic E-state index is 14.6. The van der Waals surface area contributed by atoms with Gasteiger partial charge in [-0.1, -0.05) is 111 Å². The lowest BCUT2D eigenvalue weighted by molar-refractivity contribution is -0.141. The minimum atomic E-state index is -0.633. The van der Waals surface area contributed by atoms with Crippen molar-refractivity contribution < 1.29 is 38.4 Å². The minimum Gasteiger partial charge on any atom is -0.343 e. The molecular weight excluding hydrogens is 1110 g/mol. The summed E-state index contributed by atoms with van der Waals surface area (Å²) in [5.74, 6) is -1.70. The Labute approximate surface area is 519 Å². The first-order chi connectivity index (χ1) is 42.7. The van der Waals surface area contributed by atoms with Crippen LogP contribution in [0.1, 0.15) is 147 Å². The molecule has 0 unspecified atom stereocenters. The van der Waals surface area contributed by atoms with E-state index in [4.69, 9.17) is 0 Å². The summed E-state index contributed by atoms with van der Waals surface area (Å²) in [6.45, 7) is 4.89. The molecule has 8 amide bonds. The van der Waals surface area contributed by atoms with Gasteiger partial charge in [-0.3, -0.25) is 38.4 Å². The number of nitrogens with one attached hydrogen (secondary N) is 6. The van der Waals surface area contributed by atoms with E-state index in [-0.39, 0.29) is 84.5 Å². The molecule has 18 heteroatoms. The number of benzene rings is 4. The second-order valence-corrected chi connectivity index (χ2v) is 25.7. The van der Waals surface area contributed by atoms with Gasteiger partial charge < -0.3 is 51.5 Å². The molecule has 2 aliphatic heterocycles. The van der Waals surface area contributed by atoms with Gasteiger partial charge in [-0.2, -0.15) is 0 Å². The molecule has 10 rings (SSSR count). The first-order valence-corrected chi connectivity index (χ1v) is 32.7. The van der Waals surface area contributed by atoms with Crippen LogP contribution < -0.4 is 31.9 Å². The molecule has 2 saturated heterocycles. The van der Waals surface area contributed by atoms with Crippen LogP contribution in [0.2, 0.25) is 0 Å². The number of carbonyl (C=O) groups excluding carboxylic acids is 8. The standard InChI is InChI=1S/C70H92N10O8/c1-45(71-3)65(83)75-63(49-17-7-5-8-18-49)69(87)77-35-15-25-57(77)43-79(59-37-53-21-11-12-22-54(53)38-59)61(81)41-73-67(85)51-31-27-47(28-32-51)48-29-33-52(34-30-48)68(86)74-42-62(82)80(60-39-55-23-13-14-24-56(55)40-60)44-58-26-16-36-78(58)70(88)64(50-19-9-6-10-20-50)76-66(84)46(2)72-4/h11-14,21-24,27-34,45-46,49-50,57-60,63-64,71-72H,5-10,15-20,25-26,35-44H2,1-4H3,(H,73,85)(H,74,86)(H,75,83)(H,76,84)/t45-,46-,57-,58-,63-,64-/m0/s1. The SMILES string of the molecule is CN[C@@H](C)C(=O)N[C@H](C(=O)N1CCC[C@H]1CN(C(=O)CNC(=O)c1ccc(-c2ccc(C(=O)NCC(=O)N(C[C@@H]3CCCN3C(=O)[C@@H](NC(=O)[C@H](C)NC)C3CCCCC3)C3Cc4ccccc4C3)cc2)cc1)C1Cc2ccccc2C1)C1CCCCC1.